The van der Waals surface area contributed by atoms with E-state index in [1.54, 1.807) is 0 Å². The predicted octanol–water partition coefficient (Wildman–Crippen LogP) is 2.31. The molecule has 0 saturated carbocycles. The highest BCUT2D eigenvalue weighted by Gasteiger charge is 2.21. The van der Waals surface area contributed by atoms with E-state index < -0.39 is 5.97 Å². The molecule has 1 heterocycles. The molecule has 26 heavy (non-hydrogen) atoms. The van der Waals surface area contributed by atoms with Crippen molar-refractivity contribution in [1.82, 2.24) is 15.4 Å². The summed E-state index contributed by atoms with van der Waals surface area (Å²) in [5, 5.41) is 12.9. The zero-order chi connectivity index (χ0) is 19.2. The number of carbonyl (C=O) groups is 2. The summed E-state index contributed by atoms with van der Waals surface area (Å²) >= 11 is 0. The van der Waals surface area contributed by atoms with Crippen molar-refractivity contribution in [2.24, 2.45) is 10.5 Å². The van der Waals surface area contributed by atoms with Gasteiger partial charge >= 0.3 is 5.97 Å². The second-order valence-electron chi connectivity index (χ2n) is 7.53. The van der Waals surface area contributed by atoms with Gasteiger partial charge in [-0.1, -0.05) is 20.8 Å². The molecule has 2 N–H and O–H groups in total. The third kappa shape index (κ3) is 6.42. The third-order valence-corrected chi connectivity index (χ3v) is 3.71. The van der Waals surface area contributed by atoms with Crippen LogP contribution in [0.2, 0.25) is 0 Å². The molecule has 0 spiro atoms. The van der Waals surface area contributed by atoms with Gasteiger partial charge in [-0.3, -0.25) is 9.59 Å². The SMILES string of the molecule is CC(C)(C)CC(=O)N/N=C1/CCCc2nc(OCCCC(=O)O)cnc21. The van der Waals surface area contributed by atoms with Crippen molar-refractivity contribution in [3.63, 3.8) is 0 Å². The lowest BCUT2D eigenvalue weighted by Gasteiger charge is -2.18. The minimum atomic E-state index is -0.848. The van der Waals surface area contributed by atoms with Crippen LogP contribution in [0.3, 0.4) is 0 Å². The van der Waals surface area contributed by atoms with E-state index in [0.29, 0.717) is 24.4 Å². The Hall–Kier alpha value is -2.51. The van der Waals surface area contributed by atoms with Crippen LogP contribution >= 0.6 is 0 Å². The summed E-state index contributed by atoms with van der Waals surface area (Å²) in [5.74, 6) is -0.588. The molecular weight excluding hydrogens is 336 g/mol. The van der Waals surface area contributed by atoms with E-state index in [1.807, 2.05) is 20.8 Å². The van der Waals surface area contributed by atoms with Crippen LogP contribution in [0.15, 0.2) is 11.3 Å². The first-order valence-corrected chi connectivity index (χ1v) is 8.81. The average molecular weight is 362 g/mol. The molecule has 1 aliphatic rings. The number of carboxylic acid groups (broad SMARTS) is 1. The second kappa shape index (κ2) is 8.73. The first-order chi connectivity index (χ1) is 12.2. The summed E-state index contributed by atoms with van der Waals surface area (Å²) < 4.78 is 5.46. The largest absolute Gasteiger partial charge is 0.481 e. The molecule has 2 rings (SSSR count). The highest BCUT2D eigenvalue weighted by molar-refractivity contribution is 6.01. The molecule has 1 amide bonds. The molecule has 8 nitrogen and oxygen atoms in total. The van der Waals surface area contributed by atoms with Crippen molar-refractivity contribution in [1.29, 1.82) is 0 Å². The van der Waals surface area contributed by atoms with Crippen LogP contribution in [0.5, 0.6) is 5.88 Å². The topological polar surface area (TPSA) is 114 Å². The van der Waals surface area contributed by atoms with Gasteiger partial charge in [0.25, 0.3) is 0 Å². The van der Waals surface area contributed by atoms with E-state index in [0.717, 1.165) is 30.7 Å². The Morgan fingerprint density at radius 2 is 2.12 bits per heavy atom. The predicted molar refractivity (Wildman–Crippen MR) is 96.1 cm³/mol. The van der Waals surface area contributed by atoms with Crippen molar-refractivity contribution in [2.75, 3.05) is 6.61 Å². The molecule has 1 aliphatic carbocycles. The van der Waals surface area contributed by atoms with Gasteiger partial charge in [-0.05, 0) is 31.1 Å². The smallest absolute Gasteiger partial charge is 0.303 e. The molecule has 0 atom stereocenters. The summed E-state index contributed by atoms with van der Waals surface area (Å²) in [7, 11) is 0. The number of ether oxygens (including phenoxy) is 1. The monoisotopic (exact) mass is 362 g/mol. The van der Waals surface area contributed by atoms with E-state index >= 15 is 0 Å². The Morgan fingerprint density at radius 1 is 1.35 bits per heavy atom. The summed E-state index contributed by atoms with van der Waals surface area (Å²) in [4.78, 5) is 31.3. The van der Waals surface area contributed by atoms with Crippen molar-refractivity contribution in [2.45, 2.75) is 59.3 Å². The number of aromatic nitrogens is 2. The number of hydrogen-bond acceptors (Lipinski definition) is 6. The number of aliphatic carboxylic acids is 1. The Kier molecular flexibility index (Phi) is 6.65. The lowest BCUT2D eigenvalue weighted by atomic mass is 9.92. The van der Waals surface area contributed by atoms with E-state index in [-0.39, 0.29) is 24.3 Å². The van der Waals surface area contributed by atoms with Crippen LogP contribution in [0.4, 0.5) is 0 Å². The summed E-state index contributed by atoms with van der Waals surface area (Å²) in [6.07, 6.45) is 4.75. The zero-order valence-electron chi connectivity index (χ0n) is 15.5. The number of carbonyl (C=O) groups excluding carboxylic acids is 1. The number of aryl methyl sites for hydroxylation is 1. The lowest BCUT2D eigenvalue weighted by molar-refractivity contribution is -0.137. The van der Waals surface area contributed by atoms with Crippen LogP contribution in [-0.4, -0.2) is 39.3 Å². The summed E-state index contributed by atoms with van der Waals surface area (Å²) in [5.41, 5.74) is 4.71. The number of hydrogen-bond donors (Lipinski definition) is 2. The molecule has 0 fully saturated rings. The highest BCUT2D eigenvalue weighted by Crippen LogP contribution is 2.21. The van der Waals surface area contributed by atoms with Crippen molar-refractivity contribution in [3.8, 4) is 5.88 Å². The fourth-order valence-corrected chi connectivity index (χ4v) is 2.60. The Morgan fingerprint density at radius 3 is 2.81 bits per heavy atom. The van der Waals surface area contributed by atoms with Gasteiger partial charge in [0, 0.05) is 12.8 Å². The quantitative estimate of drug-likeness (QED) is 0.568. The van der Waals surface area contributed by atoms with Crippen molar-refractivity contribution in [3.05, 3.63) is 17.6 Å². The fourth-order valence-electron chi connectivity index (χ4n) is 2.60. The van der Waals surface area contributed by atoms with E-state index in [2.05, 4.69) is 20.5 Å². The molecule has 0 radical (unpaired) electrons. The maximum Gasteiger partial charge on any atom is 0.303 e. The second-order valence-corrected chi connectivity index (χ2v) is 7.53. The Balaban J connectivity index is 1.99. The molecule has 0 unspecified atom stereocenters. The maximum absolute atomic E-state index is 11.9. The van der Waals surface area contributed by atoms with Crippen LogP contribution in [0.1, 0.15) is 64.3 Å². The van der Waals surface area contributed by atoms with E-state index in [4.69, 9.17) is 9.84 Å². The number of nitrogens with one attached hydrogen (secondary N) is 1. The molecule has 0 saturated heterocycles. The minimum absolute atomic E-state index is 0.0590. The van der Waals surface area contributed by atoms with Crippen LogP contribution in [-0.2, 0) is 16.0 Å². The number of hydrazone groups is 1. The van der Waals surface area contributed by atoms with Crippen LogP contribution in [0.25, 0.3) is 0 Å². The van der Waals surface area contributed by atoms with Gasteiger partial charge in [0.15, 0.2) is 0 Å². The standard InChI is InChI=1S/C18H26N4O4/c1-18(2,3)10-14(23)22-21-13-7-4-6-12-17(13)19-11-15(20-12)26-9-5-8-16(24)25/h11H,4-10H2,1-3H3,(H,22,23)(H,24,25)/b21-13-. The van der Waals surface area contributed by atoms with Gasteiger partial charge in [0.2, 0.25) is 11.8 Å². The number of amides is 1. The number of nitrogens with zero attached hydrogens (tertiary/aromatic N) is 3. The molecule has 0 aliphatic heterocycles. The molecule has 0 bridgehead atoms. The zero-order valence-corrected chi connectivity index (χ0v) is 15.5. The van der Waals surface area contributed by atoms with Gasteiger partial charge in [0.05, 0.1) is 24.2 Å². The highest BCUT2D eigenvalue weighted by atomic mass is 16.5. The van der Waals surface area contributed by atoms with Gasteiger partial charge in [-0.2, -0.15) is 5.10 Å². The molecule has 1 aromatic heterocycles. The molecular formula is C18H26N4O4. The van der Waals surface area contributed by atoms with Crippen LogP contribution in [0, 0.1) is 5.41 Å². The van der Waals surface area contributed by atoms with E-state index in [1.165, 1.54) is 6.20 Å². The van der Waals surface area contributed by atoms with Gasteiger partial charge < -0.3 is 9.84 Å². The normalized spacial score (nSPS) is 15.4. The molecule has 142 valence electrons. The Bertz CT molecular complexity index is 695. The summed E-state index contributed by atoms with van der Waals surface area (Å²) in [6.45, 7) is 6.28. The number of fused-ring (bicyclic) bond motifs is 1. The maximum atomic E-state index is 11.9. The van der Waals surface area contributed by atoms with Crippen molar-refractivity contribution >= 4 is 17.6 Å². The summed E-state index contributed by atoms with van der Waals surface area (Å²) in [6, 6.07) is 0. The van der Waals surface area contributed by atoms with E-state index in [9.17, 15) is 9.59 Å². The molecule has 1 aromatic rings. The van der Waals surface area contributed by atoms with Crippen LogP contribution < -0.4 is 10.2 Å². The minimum Gasteiger partial charge on any atom is -0.481 e. The first kappa shape index (κ1) is 19.8. The molecule has 0 aromatic carbocycles. The van der Waals surface area contributed by atoms with Crippen molar-refractivity contribution < 1.29 is 19.4 Å². The number of carboxylic acids is 1. The molecule has 8 heteroatoms. The first-order valence-electron chi connectivity index (χ1n) is 8.81. The number of rotatable bonds is 7. The lowest BCUT2D eigenvalue weighted by Crippen LogP contribution is -2.26. The average Bonchev–Trinajstić information content (AvgIpc) is 2.55. The van der Waals surface area contributed by atoms with Gasteiger partial charge in [0.1, 0.15) is 5.69 Å². The van der Waals surface area contributed by atoms with Gasteiger partial charge in [-0.15, -0.1) is 0 Å². The van der Waals surface area contributed by atoms with Gasteiger partial charge in [-0.25, -0.2) is 15.4 Å². The fraction of sp³-hybridized carbons (Fsp3) is 0.611. The Labute approximate surface area is 153 Å². The third-order valence-electron chi connectivity index (χ3n) is 3.71.